The number of hydrogen-bond donors (Lipinski definition) is 1. The molecule has 5 heteroatoms. The summed E-state index contributed by atoms with van der Waals surface area (Å²) in [7, 11) is 0. The number of anilines is 1. The van der Waals surface area contributed by atoms with E-state index in [4.69, 9.17) is 4.74 Å². The van der Waals surface area contributed by atoms with Gasteiger partial charge in [-0.3, -0.25) is 0 Å². The lowest BCUT2D eigenvalue weighted by Gasteiger charge is -2.46. The van der Waals surface area contributed by atoms with Crippen molar-refractivity contribution in [1.29, 1.82) is 0 Å². The molecule has 0 aliphatic carbocycles. The third kappa shape index (κ3) is 4.04. The van der Waals surface area contributed by atoms with Crippen molar-refractivity contribution in [2.45, 2.75) is 50.9 Å². The van der Waals surface area contributed by atoms with E-state index in [1.807, 2.05) is 12.1 Å². The smallest absolute Gasteiger partial charge is 0.147 e. The average molecular weight is 473 g/mol. The molecule has 3 nitrogen and oxygen atoms in total. The van der Waals surface area contributed by atoms with Crippen LogP contribution in [0.3, 0.4) is 0 Å². The van der Waals surface area contributed by atoms with Crippen LogP contribution in [0, 0.1) is 17.7 Å². The van der Waals surface area contributed by atoms with E-state index < -0.39 is 0 Å². The number of hydrogen-bond acceptors (Lipinski definition) is 3. The van der Waals surface area contributed by atoms with Crippen LogP contribution in [0.15, 0.2) is 46.9 Å². The number of fused-ring (bicyclic) bond motifs is 3. The maximum Gasteiger partial charge on any atom is 0.147 e. The Balaban J connectivity index is 1.42. The maximum atomic E-state index is 14.9. The fourth-order valence-corrected chi connectivity index (χ4v) is 5.89. The predicted molar refractivity (Wildman–Crippen MR) is 122 cm³/mol. The first-order valence-electron chi connectivity index (χ1n) is 11.3. The van der Waals surface area contributed by atoms with E-state index >= 15 is 0 Å². The van der Waals surface area contributed by atoms with E-state index in [0.717, 1.165) is 35.3 Å². The first-order chi connectivity index (χ1) is 14.6. The van der Waals surface area contributed by atoms with Crippen molar-refractivity contribution in [3.05, 3.63) is 63.9 Å². The van der Waals surface area contributed by atoms with Crippen molar-refractivity contribution < 1.29 is 9.13 Å². The molecule has 0 radical (unpaired) electrons. The first kappa shape index (κ1) is 20.5. The second-order valence-electron chi connectivity index (χ2n) is 9.29. The maximum absolute atomic E-state index is 14.9. The van der Waals surface area contributed by atoms with Crippen LogP contribution >= 0.6 is 15.9 Å². The van der Waals surface area contributed by atoms with Crippen molar-refractivity contribution in [2.24, 2.45) is 11.8 Å². The van der Waals surface area contributed by atoms with Crippen molar-refractivity contribution in [3.63, 3.8) is 0 Å². The molecular weight excluding hydrogens is 443 g/mol. The molecule has 2 aromatic rings. The summed E-state index contributed by atoms with van der Waals surface area (Å²) in [6.07, 6.45) is 4.83. The zero-order chi connectivity index (χ0) is 20.7. The van der Waals surface area contributed by atoms with Gasteiger partial charge in [0.15, 0.2) is 0 Å². The number of nitrogens with one attached hydrogen (secondary N) is 1. The second kappa shape index (κ2) is 8.60. The number of rotatable bonds is 3. The van der Waals surface area contributed by atoms with Gasteiger partial charge >= 0.3 is 0 Å². The molecule has 1 N–H and O–H groups in total. The van der Waals surface area contributed by atoms with Gasteiger partial charge in [0.05, 0.1) is 23.9 Å². The van der Waals surface area contributed by atoms with Crippen molar-refractivity contribution >= 4 is 21.6 Å². The lowest BCUT2D eigenvalue weighted by molar-refractivity contribution is -0.104. The Kier molecular flexibility index (Phi) is 5.87. The van der Waals surface area contributed by atoms with Crippen LogP contribution in [0.25, 0.3) is 0 Å². The Morgan fingerprint density at radius 3 is 2.63 bits per heavy atom. The molecule has 0 aromatic heterocycles. The van der Waals surface area contributed by atoms with Crippen LogP contribution in [0.5, 0.6) is 0 Å². The molecule has 0 saturated carbocycles. The average Bonchev–Trinajstić information content (AvgIpc) is 2.75. The van der Waals surface area contributed by atoms with Crippen molar-refractivity contribution in [3.8, 4) is 0 Å². The third-order valence-electron chi connectivity index (χ3n) is 7.17. The van der Waals surface area contributed by atoms with Gasteiger partial charge in [0.25, 0.3) is 0 Å². The lowest BCUT2D eigenvalue weighted by atomic mass is 9.76. The van der Waals surface area contributed by atoms with Crippen LogP contribution in [-0.2, 0) is 4.74 Å². The number of ether oxygens (including phenoxy) is 1. The van der Waals surface area contributed by atoms with E-state index in [0.29, 0.717) is 11.6 Å². The van der Waals surface area contributed by atoms with Gasteiger partial charge in [-0.25, -0.2) is 4.39 Å². The minimum atomic E-state index is -0.213. The zero-order valence-corrected chi connectivity index (χ0v) is 19.1. The molecule has 2 aromatic carbocycles. The van der Waals surface area contributed by atoms with Crippen LogP contribution < -0.4 is 5.32 Å². The number of nitrogens with zero attached hydrogens (tertiary/aromatic N) is 1. The van der Waals surface area contributed by atoms with Gasteiger partial charge in [-0.15, -0.1) is 0 Å². The Morgan fingerprint density at radius 1 is 1.10 bits per heavy atom. The van der Waals surface area contributed by atoms with Gasteiger partial charge in [-0.2, -0.15) is 0 Å². The van der Waals surface area contributed by atoms with Crippen LogP contribution in [0.4, 0.5) is 10.1 Å². The van der Waals surface area contributed by atoms with E-state index in [2.05, 4.69) is 57.3 Å². The SMILES string of the molecule is CC1CCN(C[C@H]2CC[C@@H]3[C@H](O2)c2cc(Br)cc(F)c2N[C@H]3c2ccccc2)CC1. The Hall–Kier alpha value is -1.43. The van der Waals surface area contributed by atoms with Crippen molar-refractivity contribution in [1.82, 2.24) is 4.90 Å². The molecule has 0 amide bonds. The first-order valence-corrected chi connectivity index (χ1v) is 12.1. The van der Waals surface area contributed by atoms with Gasteiger partial charge in [0.2, 0.25) is 0 Å². The van der Waals surface area contributed by atoms with E-state index in [1.165, 1.54) is 31.5 Å². The molecule has 3 aliphatic rings. The highest BCUT2D eigenvalue weighted by atomic mass is 79.9. The minimum Gasteiger partial charge on any atom is -0.375 e. The second-order valence-corrected chi connectivity index (χ2v) is 10.2. The van der Waals surface area contributed by atoms with Crippen LogP contribution in [-0.4, -0.2) is 30.6 Å². The summed E-state index contributed by atoms with van der Waals surface area (Å²) < 4.78 is 22.4. The number of piperidine rings is 1. The molecule has 5 rings (SSSR count). The Labute approximate surface area is 187 Å². The molecule has 160 valence electrons. The van der Waals surface area contributed by atoms with Gasteiger partial charge in [-0.1, -0.05) is 53.2 Å². The fraction of sp³-hybridized carbons (Fsp3) is 0.520. The Bertz CT molecular complexity index is 884. The summed E-state index contributed by atoms with van der Waals surface area (Å²) in [6, 6.07) is 14.1. The summed E-state index contributed by atoms with van der Waals surface area (Å²) in [5.41, 5.74) is 2.75. The van der Waals surface area contributed by atoms with Crippen LogP contribution in [0.2, 0.25) is 0 Å². The zero-order valence-electron chi connectivity index (χ0n) is 17.5. The highest BCUT2D eigenvalue weighted by Gasteiger charge is 2.43. The van der Waals surface area contributed by atoms with E-state index in [-0.39, 0.29) is 24.1 Å². The van der Waals surface area contributed by atoms with Crippen molar-refractivity contribution in [2.75, 3.05) is 25.0 Å². The molecule has 4 atom stereocenters. The standard InChI is InChI=1S/C25H30BrFN2O/c1-16-9-11-29(12-10-16)15-19-7-8-20-23(17-5-3-2-4-6-17)28-24-21(25(20)30-19)13-18(26)14-22(24)27/h2-6,13-14,16,19-20,23,25,28H,7-12,15H2,1H3/t19-,20+,23+,25+/m1/s1. The fourth-order valence-electron chi connectivity index (χ4n) is 5.44. The quantitative estimate of drug-likeness (QED) is 0.565. The summed E-state index contributed by atoms with van der Waals surface area (Å²) in [4.78, 5) is 2.56. The normalized spacial score (nSPS) is 29.7. The molecule has 0 bridgehead atoms. The van der Waals surface area contributed by atoms with Gasteiger partial charge in [-0.05, 0) is 62.4 Å². The molecule has 30 heavy (non-hydrogen) atoms. The molecule has 0 unspecified atom stereocenters. The third-order valence-corrected chi connectivity index (χ3v) is 7.62. The molecule has 3 aliphatic heterocycles. The lowest BCUT2D eigenvalue weighted by Crippen LogP contribution is -2.44. The Morgan fingerprint density at radius 2 is 1.87 bits per heavy atom. The summed E-state index contributed by atoms with van der Waals surface area (Å²) >= 11 is 3.49. The molecule has 0 spiro atoms. The van der Waals surface area contributed by atoms with E-state index in [1.54, 1.807) is 6.07 Å². The molecule has 3 heterocycles. The van der Waals surface area contributed by atoms with E-state index in [9.17, 15) is 4.39 Å². The van der Waals surface area contributed by atoms with Gasteiger partial charge < -0.3 is 15.0 Å². The largest absolute Gasteiger partial charge is 0.375 e. The van der Waals surface area contributed by atoms with Gasteiger partial charge in [0, 0.05) is 22.5 Å². The van der Waals surface area contributed by atoms with Gasteiger partial charge in [0.1, 0.15) is 5.82 Å². The number of benzene rings is 2. The topological polar surface area (TPSA) is 24.5 Å². The molecular formula is C25H30BrFN2O. The molecule has 2 saturated heterocycles. The highest BCUT2D eigenvalue weighted by Crippen LogP contribution is 2.51. The summed E-state index contributed by atoms with van der Waals surface area (Å²) in [5.74, 6) is 0.918. The number of likely N-dealkylation sites (tertiary alicyclic amines) is 1. The molecule has 2 fully saturated rings. The monoisotopic (exact) mass is 472 g/mol. The highest BCUT2D eigenvalue weighted by molar-refractivity contribution is 9.10. The predicted octanol–water partition coefficient (Wildman–Crippen LogP) is 6.32. The number of halogens is 2. The van der Waals surface area contributed by atoms with Crippen LogP contribution in [0.1, 0.15) is 55.9 Å². The minimum absolute atomic E-state index is 0.0659. The summed E-state index contributed by atoms with van der Waals surface area (Å²) in [5, 5.41) is 3.52. The summed E-state index contributed by atoms with van der Waals surface area (Å²) in [6.45, 7) is 5.67.